The summed E-state index contributed by atoms with van der Waals surface area (Å²) >= 11 is 0. The van der Waals surface area contributed by atoms with Crippen LogP contribution in [0.5, 0.6) is 0 Å². The normalized spacial score (nSPS) is 13.2. The summed E-state index contributed by atoms with van der Waals surface area (Å²) in [6.45, 7) is 24.6. The average molecular weight is 411 g/mol. The van der Waals surface area contributed by atoms with Crippen LogP contribution in [0.3, 0.4) is 0 Å². The first-order valence-electron chi connectivity index (χ1n) is 11.2. The molecule has 0 N–H and O–H groups in total. The summed E-state index contributed by atoms with van der Waals surface area (Å²) in [6.07, 6.45) is 0. The molecule has 0 saturated heterocycles. The summed E-state index contributed by atoms with van der Waals surface area (Å²) in [5.74, 6) is 0. The maximum Gasteiger partial charge on any atom is 0.0950 e. The third kappa shape index (κ3) is 3.95. The zero-order chi connectivity index (χ0) is 21.3. The van der Waals surface area contributed by atoms with E-state index in [1.54, 1.807) is 10.4 Å². The van der Waals surface area contributed by atoms with Gasteiger partial charge in [-0.3, -0.25) is 0 Å². The lowest BCUT2D eigenvalue weighted by molar-refractivity contribution is 0.835. The first kappa shape index (κ1) is 23.2. The van der Waals surface area contributed by atoms with Crippen LogP contribution in [0.2, 0.25) is 35.3 Å². The molecule has 0 spiro atoms. The quantitative estimate of drug-likeness (QED) is 0.413. The Bertz CT molecular complexity index is 763. The van der Waals surface area contributed by atoms with Gasteiger partial charge in [0.15, 0.2) is 0 Å². The van der Waals surface area contributed by atoms with E-state index in [-0.39, 0.29) is 0 Å². The molecule has 2 heteroatoms. The Morgan fingerprint density at radius 1 is 0.607 bits per heavy atom. The molecule has 0 unspecified atom stereocenters. The Balaban J connectivity index is 2.75. The number of rotatable bonds is 7. The van der Waals surface area contributed by atoms with Crippen LogP contribution in [0.15, 0.2) is 48.5 Å². The van der Waals surface area contributed by atoms with Gasteiger partial charge in [-0.25, -0.2) is 0 Å². The molecule has 0 aliphatic carbocycles. The zero-order valence-corrected chi connectivity index (χ0v) is 21.9. The molecule has 0 nitrogen and oxygen atoms in total. The lowest BCUT2D eigenvalue weighted by Gasteiger charge is -2.45. The molecule has 2 aromatic carbocycles. The molecule has 0 aliphatic heterocycles. The minimum absolute atomic E-state index is 0.721. The summed E-state index contributed by atoms with van der Waals surface area (Å²) in [7, 11) is -3.14. The molecular weight excluding hydrogens is 368 g/mol. The van der Waals surface area contributed by atoms with Gasteiger partial charge in [-0.05, 0) is 33.3 Å². The van der Waals surface area contributed by atoms with Crippen molar-refractivity contribution in [2.75, 3.05) is 0 Å². The first-order chi connectivity index (χ1) is 13.0. The molecule has 0 heterocycles. The fourth-order valence-electron chi connectivity index (χ4n) is 5.47. The van der Waals surface area contributed by atoms with Gasteiger partial charge in [0.25, 0.3) is 0 Å². The van der Waals surface area contributed by atoms with Crippen molar-refractivity contribution in [1.29, 1.82) is 0 Å². The molecule has 2 rings (SSSR count). The highest BCUT2D eigenvalue weighted by Gasteiger charge is 2.45. The van der Waals surface area contributed by atoms with Crippen LogP contribution in [-0.2, 0) is 0 Å². The van der Waals surface area contributed by atoms with Crippen molar-refractivity contribution in [2.45, 2.75) is 90.6 Å². The van der Waals surface area contributed by atoms with Crippen LogP contribution >= 0.6 is 0 Å². The maximum absolute atomic E-state index is 2.52. The summed E-state index contributed by atoms with van der Waals surface area (Å²) in [5, 5.41) is 3.25. The van der Waals surface area contributed by atoms with Crippen LogP contribution in [0.1, 0.15) is 55.4 Å². The predicted octanol–water partition coefficient (Wildman–Crippen LogP) is 7.56. The predicted molar refractivity (Wildman–Crippen MR) is 135 cm³/mol. The van der Waals surface area contributed by atoms with Crippen molar-refractivity contribution in [3.63, 3.8) is 0 Å². The Labute approximate surface area is 176 Å². The van der Waals surface area contributed by atoms with Crippen LogP contribution < -0.4 is 10.4 Å². The largest absolute Gasteiger partial charge is 0.0950 e. The van der Waals surface area contributed by atoms with E-state index in [4.69, 9.17) is 0 Å². The van der Waals surface area contributed by atoms with Gasteiger partial charge in [-0.1, -0.05) is 127 Å². The molecular formula is C26H42Si2. The summed E-state index contributed by atoms with van der Waals surface area (Å²) < 4.78 is 0. The van der Waals surface area contributed by atoms with E-state index in [9.17, 15) is 0 Å². The van der Waals surface area contributed by atoms with Gasteiger partial charge in [0, 0.05) is 0 Å². The van der Waals surface area contributed by atoms with Crippen molar-refractivity contribution in [2.24, 2.45) is 0 Å². The number of benzene rings is 2. The molecule has 0 aliphatic rings. The first-order valence-corrected chi connectivity index (χ1v) is 16.5. The van der Waals surface area contributed by atoms with Crippen molar-refractivity contribution in [3.05, 3.63) is 48.5 Å². The summed E-state index contributed by atoms with van der Waals surface area (Å²) in [5.41, 5.74) is 5.82. The minimum atomic E-state index is -1.70. The van der Waals surface area contributed by atoms with Gasteiger partial charge in [-0.2, -0.15) is 0 Å². The van der Waals surface area contributed by atoms with Crippen molar-refractivity contribution in [3.8, 4) is 11.1 Å². The Hall–Kier alpha value is -1.13. The summed E-state index contributed by atoms with van der Waals surface area (Å²) in [6, 6.07) is 18.9. The van der Waals surface area contributed by atoms with E-state index in [0.717, 1.165) is 22.2 Å². The molecule has 0 aromatic heterocycles. The SMILES string of the molecule is CC(C)[Si](C)(C)c1cccc(-c2ccccc2[Si](C(C)C)(C(C)C)C(C)C)c1. The van der Waals surface area contributed by atoms with E-state index >= 15 is 0 Å². The van der Waals surface area contributed by atoms with Gasteiger partial charge >= 0.3 is 0 Å². The van der Waals surface area contributed by atoms with Crippen LogP contribution in [0.4, 0.5) is 0 Å². The highest BCUT2D eigenvalue weighted by Crippen LogP contribution is 2.42. The topological polar surface area (TPSA) is 0 Å². The molecule has 0 bridgehead atoms. The molecule has 0 atom stereocenters. The average Bonchev–Trinajstić information content (AvgIpc) is 2.61. The highest BCUT2D eigenvalue weighted by atomic mass is 28.3. The smallest absolute Gasteiger partial charge is 0.0652 e. The van der Waals surface area contributed by atoms with E-state index < -0.39 is 16.1 Å². The van der Waals surface area contributed by atoms with E-state index in [1.807, 2.05) is 0 Å². The van der Waals surface area contributed by atoms with Crippen molar-refractivity contribution in [1.82, 2.24) is 0 Å². The second kappa shape index (κ2) is 8.71. The zero-order valence-electron chi connectivity index (χ0n) is 19.9. The highest BCUT2D eigenvalue weighted by molar-refractivity contribution is 6.96. The molecule has 0 fully saturated rings. The van der Waals surface area contributed by atoms with E-state index in [1.165, 1.54) is 11.1 Å². The van der Waals surface area contributed by atoms with Gasteiger partial charge in [0.05, 0.1) is 16.1 Å². The lowest BCUT2D eigenvalue weighted by Crippen LogP contribution is -2.56. The van der Waals surface area contributed by atoms with Gasteiger partial charge in [0.2, 0.25) is 0 Å². The number of hydrogen-bond donors (Lipinski definition) is 0. The maximum atomic E-state index is 2.52. The van der Waals surface area contributed by atoms with Crippen molar-refractivity contribution >= 4 is 26.5 Å². The fourth-order valence-corrected chi connectivity index (χ4v) is 14.1. The molecule has 0 amide bonds. The Morgan fingerprint density at radius 3 is 1.64 bits per heavy atom. The standard InChI is InChI=1S/C26H42Si2/c1-19(2)27(9,10)24-15-13-14-23(18-24)25-16-11-12-17-26(25)28(20(3)4,21(5)6)22(7)8/h11-22H,1-10H3. The van der Waals surface area contributed by atoms with Gasteiger partial charge in [-0.15, -0.1) is 0 Å². The molecule has 154 valence electrons. The van der Waals surface area contributed by atoms with Gasteiger partial charge in [0.1, 0.15) is 0 Å². The molecule has 0 radical (unpaired) electrons. The third-order valence-electron chi connectivity index (χ3n) is 7.62. The monoisotopic (exact) mass is 410 g/mol. The van der Waals surface area contributed by atoms with E-state index in [0.29, 0.717) is 0 Å². The van der Waals surface area contributed by atoms with Gasteiger partial charge < -0.3 is 0 Å². The molecule has 2 aromatic rings. The molecule has 0 saturated carbocycles. The van der Waals surface area contributed by atoms with Crippen LogP contribution in [-0.4, -0.2) is 16.1 Å². The third-order valence-corrected chi connectivity index (χ3v) is 19.4. The second-order valence-corrected chi connectivity index (χ2v) is 21.4. The Morgan fingerprint density at radius 2 is 1.14 bits per heavy atom. The number of hydrogen-bond acceptors (Lipinski definition) is 0. The van der Waals surface area contributed by atoms with Crippen LogP contribution in [0, 0.1) is 0 Å². The van der Waals surface area contributed by atoms with Crippen molar-refractivity contribution < 1.29 is 0 Å². The second-order valence-electron chi connectivity index (χ2n) is 10.4. The Kier molecular flexibility index (Phi) is 7.20. The minimum Gasteiger partial charge on any atom is -0.0652 e. The fraction of sp³-hybridized carbons (Fsp3) is 0.538. The van der Waals surface area contributed by atoms with Crippen LogP contribution in [0.25, 0.3) is 11.1 Å². The lowest BCUT2D eigenvalue weighted by atomic mass is 10.1. The van der Waals surface area contributed by atoms with E-state index in [2.05, 4.69) is 117 Å². The summed E-state index contributed by atoms with van der Waals surface area (Å²) in [4.78, 5) is 0. The molecule has 28 heavy (non-hydrogen) atoms.